The second kappa shape index (κ2) is 14.5. The maximum Gasteiger partial charge on any atom is 0.145 e. The van der Waals surface area contributed by atoms with Gasteiger partial charge in [-0.05, 0) is 107 Å². The van der Waals surface area contributed by atoms with Gasteiger partial charge in [0.15, 0.2) is 0 Å². The molecule has 0 amide bonds. The predicted molar refractivity (Wildman–Crippen MR) is 266 cm³/mol. The first-order chi connectivity index (χ1) is 31.7. The highest BCUT2D eigenvalue weighted by Gasteiger charge is 2.24. The van der Waals surface area contributed by atoms with Crippen LogP contribution in [0.1, 0.15) is 0 Å². The number of para-hydroxylation sites is 4. The number of fused-ring (bicyclic) bond motifs is 9. The highest BCUT2D eigenvalue weighted by molar-refractivity contribution is 6.18. The summed E-state index contributed by atoms with van der Waals surface area (Å²) in [6, 6.07) is 82.1. The molecule has 64 heavy (non-hydrogen) atoms. The molecule has 0 atom stereocenters. The first-order valence-electron chi connectivity index (χ1n) is 21.7. The zero-order valence-electron chi connectivity index (χ0n) is 34.7. The number of furan rings is 2. The van der Waals surface area contributed by atoms with E-state index in [9.17, 15) is 0 Å². The van der Waals surface area contributed by atoms with Crippen LogP contribution in [0.15, 0.2) is 239 Å². The third-order valence-corrected chi connectivity index (χ3v) is 12.8. The minimum absolute atomic E-state index is 0.842. The van der Waals surface area contributed by atoms with Crippen molar-refractivity contribution in [1.82, 2.24) is 4.57 Å². The zero-order valence-corrected chi connectivity index (χ0v) is 34.7. The summed E-state index contributed by atoms with van der Waals surface area (Å²) >= 11 is 0. The van der Waals surface area contributed by atoms with E-state index in [4.69, 9.17) is 8.83 Å². The molecule has 0 radical (unpaired) electrons. The molecule has 10 aromatic carbocycles. The molecule has 0 saturated carbocycles. The molecule has 0 aliphatic heterocycles. The average molecular weight is 819 g/mol. The lowest BCUT2D eigenvalue weighted by atomic mass is 9.97. The third kappa shape index (κ3) is 5.70. The van der Waals surface area contributed by atoms with Crippen molar-refractivity contribution in [3.63, 3.8) is 0 Å². The van der Waals surface area contributed by atoms with Crippen LogP contribution in [-0.4, -0.2) is 4.57 Å². The Kier molecular flexibility index (Phi) is 8.18. The highest BCUT2D eigenvalue weighted by Crippen LogP contribution is 2.48. The lowest BCUT2D eigenvalue weighted by Gasteiger charge is -2.27. The van der Waals surface area contributed by atoms with Crippen LogP contribution >= 0.6 is 0 Å². The molecular formula is C60H38N2O2. The standard InChI is InChI=1S/C60H38N2O2/c1-2-15-39(16-3-1)40-31-33-43(34-32-40)61(44-19-12-17-41(37-44)46-25-14-30-57-58(46)50-23-6-10-28-55(50)63-57)54-36-35-47(60-59(54)51-24-7-11-29-56(51)64-60)42-18-13-20-45(38-42)62-52-26-8-4-21-48(52)49-22-5-9-27-53(49)62/h1-38H. The van der Waals surface area contributed by atoms with Crippen molar-refractivity contribution in [3.05, 3.63) is 231 Å². The summed E-state index contributed by atoms with van der Waals surface area (Å²) in [5, 5.41) is 6.81. The second-order valence-electron chi connectivity index (χ2n) is 16.4. The van der Waals surface area contributed by atoms with Gasteiger partial charge in [0.05, 0.1) is 22.1 Å². The van der Waals surface area contributed by atoms with Gasteiger partial charge in [0, 0.05) is 49.6 Å². The summed E-state index contributed by atoms with van der Waals surface area (Å²) in [4.78, 5) is 2.38. The summed E-state index contributed by atoms with van der Waals surface area (Å²) in [6.07, 6.45) is 0. The van der Waals surface area contributed by atoms with E-state index in [1.54, 1.807) is 0 Å². The largest absolute Gasteiger partial charge is 0.456 e. The number of aromatic nitrogens is 1. The summed E-state index contributed by atoms with van der Waals surface area (Å²) in [5.74, 6) is 0. The normalized spacial score (nSPS) is 11.8. The quantitative estimate of drug-likeness (QED) is 0.161. The van der Waals surface area contributed by atoms with Crippen molar-refractivity contribution in [3.8, 4) is 39.1 Å². The van der Waals surface area contributed by atoms with Crippen LogP contribution in [0, 0.1) is 0 Å². The molecule has 0 aliphatic carbocycles. The van der Waals surface area contributed by atoms with Crippen molar-refractivity contribution in [2.75, 3.05) is 4.90 Å². The van der Waals surface area contributed by atoms with Gasteiger partial charge < -0.3 is 18.3 Å². The molecule has 300 valence electrons. The monoisotopic (exact) mass is 818 g/mol. The Labute approximate surface area is 369 Å². The van der Waals surface area contributed by atoms with E-state index >= 15 is 0 Å². The molecule has 0 N–H and O–H groups in total. The predicted octanol–water partition coefficient (Wildman–Crippen LogP) is 17.1. The number of anilines is 3. The zero-order chi connectivity index (χ0) is 42.1. The van der Waals surface area contributed by atoms with Gasteiger partial charge >= 0.3 is 0 Å². The molecule has 13 aromatic rings. The van der Waals surface area contributed by atoms with E-state index in [-0.39, 0.29) is 0 Å². The SMILES string of the molecule is c1ccc(-c2ccc(N(c3cccc(-c4cccc5oc6ccccc6c45)c3)c3ccc(-c4cccc(-n5c6ccccc6c6ccccc65)c4)c4oc5ccccc5c34)cc2)cc1. The van der Waals surface area contributed by atoms with Crippen LogP contribution in [0.4, 0.5) is 17.1 Å². The number of hydrogen-bond acceptors (Lipinski definition) is 3. The Hall–Kier alpha value is -8.60. The Balaban J connectivity index is 1.02. The van der Waals surface area contributed by atoms with E-state index in [1.807, 2.05) is 12.1 Å². The van der Waals surface area contributed by atoms with Crippen LogP contribution in [0.5, 0.6) is 0 Å². The van der Waals surface area contributed by atoms with Gasteiger partial charge in [0.25, 0.3) is 0 Å². The van der Waals surface area contributed by atoms with Gasteiger partial charge in [-0.25, -0.2) is 0 Å². The van der Waals surface area contributed by atoms with Crippen LogP contribution in [0.2, 0.25) is 0 Å². The smallest absolute Gasteiger partial charge is 0.145 e. The molecule has 4 heteroatoms. The minimum Gasteiger partial charge on any atom is -0.456 e. The average Bonchev–Trinajstić information content (AvgIpc) is 4.05. The Morgan fingerprint density at radius 2 is 0.891 bits per heavy atom. The van der Waals surface area contributed by atoms with Crippen molar-refractivity contribution in [1.29, 1.82) is 0 Å². The molecule has 0 bridgehead atoms. The first-order valence-corrected chi connectivity index (χ1v) is 21.7. The third-order valence-electron chi connectivity index (χ3n) is 12.8. The van der Waals surface area contributed by atoms with Gasteiger partial charge in [-0.2, -0.15) is 0 Å². The van der Waals surface area contributed by atoms with E-state index in [0.717, 1.165) is 94.4 Å². The van der Waals surface area contributed by atoms with Gasteiger partial charge in [-0.3, -0.25) is 0 Å². The van der Waals surface area contributed by atoms with Crippen molar-refractivity contribution >= 4 is 82.7 Å². The van der Waals surface area contributed by atoms with Crippen molar-refractivity contribution < 1.29 is 8.83 Å². The van der Waals surface area contributed by atoms with Gasteiger partial charge in [-0.15, -0.1) is 0 Å². The highest BCUT2D eigenvalue weighted by atomic mass is 16.3. The summed E-state index contributed by atoms with van der Waals surface area (Å²) in [5.41, 5.74) is 16.7. The van der Waals surface area contributed by atoms with Gasteiger partial charge in [0.1, 0.15) is 22.3 Å². The Bertz CT molecular complexity index is 3860. The number of rotatable bonds is 7. The maximum absolute atomic E-state index is 6.98. The molecular weight excluding hydrogens is 781 g/mol. The maximum atomic E-state index is 6.98. The van der Waals surface area contributed by atoms with Gasteiger partial charge in [-0.1, -0.05) is 152 Å². The molecule has 0 fully saturated rings. The molecule has 3 aromatic heterocycles. The van der Waals surface area contributed by atoms with E-state index in [2.05, 4.69) is 228 Å². The van der Waals surface area contributed by atoms with E-state index in [0.29, 0.717) is 0 Å². The van der Waals surface area contributed by atoms with Crippen LogP contribution in [-0.2, 0) is 0 Å². The van der Waals surface area contributed by atoms with Crippen LogP contribution in [0.25, 0.3) is 105 Å². The molecule has 13 rings (SSSR count). The van der Waals surface area contributed by atoms with Crippen LogP contribution < -0.4 is 4.90 Å². The molecule has 0 saturated heterocycles. The lowest BCUT2D eigenvalue weighted by molar-refractivity contribution is 0.669. The molecule has 0 unspecified atom stereocenters. The first kappa shape index (κ1) is 36.1. The fraction of sp³-hybridized carbons (Fsp3) is 0. The fourth-order valence-electron chi connectivity index (χ4n) is 9.93. The van der Waals surface area contributed by atoms with E-state index in [1.165, 1.54) is 27.4 Å². The van der Waals surface area contributed by atoms with Gasteiger partial charge in [0.2, 0.25) is 0 Å². The van der Waals surface area contributed by atoms with Crippen molar-refractivity contribution in [2.45, 2.75) is 0 Å². The summed E-state index contributed by atoms with van der Waals surface area (Å²) < 4.78 is 15.7. The molecule has 3 heterocycles. The Morgan fingerprint density at radius 3 is 1.64 bits per heavy atom. The fourth-order valence-corrected chi connectivity index (χ4v) is 9.93. The molecule has 0 aliphatic rings. The lowest BCUT2D eigenvalue weighted by Crippen LogP contribution is -2.10. The summed E-state index contributed by atoms with van der Waals surface area (Å²) in [7, 11) is 0. The van der Waals surface area contributed by atoms with Crippen LogP contribution in [0.3, 0.4) is 0 Å². The second-order valence-corrected chi connectivity index (χ2v) is 16.4. The molecule has 0 spiro atoms. The summed E-state index contributed by atoms with van der Waals surface area (Å²) in [6.45, 7) is 0. The Morgan fingerprint density at radius 1 is 0.328 bits per heavy atom. The number of benzene rings is 10. The number of nitrogens with zero attached hydrogens (tertiary/aromatic N) is 2. The van der Waals surface area contributed by atoms with E-state index < -0.39 is 0 Å². The minimum atomic E-state index is 0.842. The topological polar surface area (TPSA) is 34.5 Å². The molecule has 4 nitrogen and oxygen atoms in total. The number of hydrogen-bond donors (Lipinski definition) is 0. The van der Waals surface area contributed by atoms with Crippen molar-refractivity contribution in [2.24, 2.45) is 0 Å².